The van der Waals surface area contributed by atoms with Crippen molar-refractivity contribution in [2.75, 3.05) is 12.4 Å². The van der Waals surface area contributed by atoms with E-state index in [0.717, 1.165) is 5.56 Å². The molecule has 2 rings (SSSR count). The highest BCUT2D eigenvalue weighted by Gasteiger charge is 2.25. The minimum atomic E-state index is -3.94. The van der Waals surface area contributed by atoms with Crippen molar-refractivity contribution in [1.29, 1.82) is 0 Å². The maximum absolute atomic E-state index is 12.6. The molecule has 6 nitrogen and oxygen atoms in total. The monoisotopic (exact) mass is 382 g/mol. The van der Waals surface area contributed by atoms with Gasteiger partial charge in [0.2, 0.25) is 15.9 Å². The fourth-order valence-electron chi connectivity index (χ4n) is 2.15. The fraction of sp³-hybridized carbons (Fsp3) is 0.235. The summed E-state index contributed by atoms with van der Waals surface area (Å²) >= 11 is 5.99. The van der Waals surface area contributed by atoms with Crippen LogP contribution < -0.4 is 14.8 Å². The first-order chi connectivity index (χ1) is 11.7. The third-order valence-electron chi connectivity index (χ3n) is 3.47. The number of halogens is 1. The Hall–Kier alpha value is -2.09. The number of sulfonamides is 1. The van der Waals surface area contributed by atoms with Gasteiger partial charge in [-0.05, 0) is 43.7 Å². The highest BCUT2D eigenvalue weighted by molar-refractivity contribution is 7.89. The first-order valence-electron chi connectivity index (χ1n) is 7.47. The molecule has 0 aromatic heterocycles. The quantitative estimate of drug-likeness (QED) is 0.804. The summed E-state index contributed by atoms with van der Waals surface area (Å²) in [6.07, 6.45) is 0. The predicted molar refractivity (Wildman–Crippen MR) is 97.6 cm³/mol. The van der Waals surface area contributed by atoms with Crippen LogP contribution in [0.2, 0.25) is 5.02 Å². The summed E-state index contributed by atoms with van der Waals surface area (Å²) in [4.78, 5) is 12.2. The molecule has 1 atom stereocenters. The van der Waals surface area contributed by atoms with Gasteiger partial charge in [-0.2, -0.15) is 4.72 Å². The third-order valence-corrected chi connectivity index (χ3v) is 5.36. The van der Waals surface area contributed by atoms with Gasteiger partial charge in [-0.3, -0.25) is 4.79 Å². The molecule has 0 bridgehead atoms. The van der Waals surface area contributed by atoms with E-state index in [9.17, 15) is 13.2 Å². The zero-order valence-corrected chi connectivity index (χ0v) is 15.6. The van der Waals surface area contributed by atoms with Crippen LogP contribution in [0.5, 0.6) is 5.75 Å². The van der Waals surface area contributed by atoms with Crippen LogP contribution in [-0.4, -0.2) is 27.5 Å². The number of nitrogens with one attached hydrogen (secondary N) is 2. The lowest BCUT2D eigenvalue weighted by Gasteiger charge is -2.16. The van der Waals surface area contributed by atoms with E-state index in [1.54, 1.807) is 43.3 Å². The molecule has 2 aromatic carbocycles. The average Bonchev–Trinajstić information content (AvgIpc) is 2.56. The second kappa shape index (κ2) is 7.86. The van der Waals surface area contributed by atoms with Crippen LogP contribution in [0.25, 0.3) is 0 Å². The van der Waals surface area contributed by atoms with Crippen LogP contribution >= 0.6 is 11.6 Å². The van der Waals surface area contributed by atoms with Gasteiger partial charge in [0.05, 0.1) is 23.9 Å². The number of amides is 1. The number of anilines is 1. The van der Waals surface area contributed by atoms with Crippen molar-refractivity contribution in [3.05, 3.63) is 53.1 Å². The summed E-state index contributed by atoms with van der Waals surface area (Å²) in [6, 6.07) is 10.5. The van der Waals surface area contributed by atoms with E-state index < -0.39 is 22.0 Å². The number of hydrogen-bond acceptors (Lipinski definition) is 4. The van der Waals surface area contributed by atoms with Crippen molar-refractivity contribution in [1.82, 2.24) is 4.72 Å². The first kappa shape index (κ1) is 19.2. The Morgan fingerprint density at radius 3 is 2.52 bits per heavy atom. The van der Waals surface area contributed by atoms with Gasteiger partial charge < -0.3 is 10.1 Å². The summed E-state index contributed by atoms with van der Waals surface area (Å²) in [7, 11) is -2.55. The van der Waals surface area contributed by atoms with Crippen molar-refractivity contribution < 1.29 is 17.9 Å². The molecule has 1 amide bonds. The number of aryl methyl sites for hydroxylation is 1. The molecule has 0 fully saturated rings. The van der Waals surface area contributed by atoms with Gasteiger partial charge in [-0.15, -0.1) is 0 Å². The molecule has 0 saturated heterocycles. The Morgan fingerprint density at radius 2 is 1.88 bits per heavy atom. The summed E-state index contributed by atoms with van der Waals surface area (Å²) in [5.74, 6) is -0.319. The SMILES string of the molecule is COc1ccc(C)cc1S(=O)(=O)N[C@H](C)C(=O)Nc1ccccc1Cl. The molecule has 0 saturated carbocycles. The Kier molecular flexibility index (Phi) is 6.05. The Labute approximate surface area is 152 Å². The Balaban J connectivity index is 2.19. The average molecular weight is 383 g/mol. The second-order valence-corrected chi connectivity index (χ2v) is 7.56. The van der Waals surface area contributed by atoms with Crippen molar-refractivity contribution >= 4 is 33.2 Å². The normalized spacial score (nSPS) is 12.5. The highest BCUT2D eigenvalue weighted by atomic mass is 35.5. The number of rotatable bonds is 6. The molecular weight excluding hydrogens is 364 g/mol. The standard InChI is InChI=1S/C17H19ClN2O4S/c1-11-8-9-15(24-3)16(10-11)25(22,23)20-12(2)17(21)19-14-7-5-4-6-13(14)18/h4-10,12,20H,1-3H3,(H,19,21)/t12-/m1/s1. The minimum Gasteiger partial charge on any atom is -0.495 e. The number of carbonyl (C=O) groups is 1. The molecule has 0 aliphatic heterocycles. The Morgan fingerprint density at radius 1 is 1.20 bits per heavy atom. The molecule has 0 radical (unpaired) electrons. The second-order valence-electron chi connectivity index (χ2n) is 5.47. The van der Waals surface area contributed by atoms with Crippen LogP contribution in [-0.2, 0) is 14.8 Å². The number of ether oxygens (including phenoxy) is 1. The molecule has 134 valence electrons. The fourth-order valence-corrected chi connectivity index (χ4v) is 3.79. The van der Waals surface area contributed by atoms with Gasteiger partial charge in [0, 0.05) is 0 Å². The Bertz CT molecular complexity index is 884. The van der Waals surface area contributed by atoms with Crippen LogP contribution in [0.15, 0.2) is 47.4 Å². The zero-order chi connectivity index (χ0) is 18.6. The minimum absolute atomic E-state index is 0.0209. The predicted octanol–water partition coefficient (Wildman–Crippen LogP) is 2.96. The lowest BCUT2D eigenvalue weighted by molar-refractivity contribution is -0.117. The molecule has 0 aliphatic rings. The number of benzene rings is 2. The van der Waals surface area contributed by atoms with E-state index in [1.165, 1.54) is 20.1 Å². The molecular formula is C17H19ClN2O4S. The van der Waals surface area contributed by atoms with E-state index >= 15 is 0 Å². The van der Waals surface area contributed by atoms with E-state index in [-0.39, 0.29) is 10.6 Å². The van der Waals surface area contributed by atoms with Crippen molar-refractivity contribution in [3.8, 4) is 5.75 Å². The molecule has 0 unspecified atom stereocenters. The maximum atomic E-state index is 12.6. The third kappa shape index (κ3) is 4.72. The van der Waals surface area contributed by atoms with Gasteiger partial charge in [0.25, 0.3) is 0 Å². The molecule has 25 heavy (non-hydrogen) atoms. The zero-order valence-electron chi connectivity index (χ0n) is 14.0. The largest absolute Gasteiger partial charge is 0.495 e. The lowest BCUT2D eigenvalue weighted by atomic mass is 10.2. The van der Waals surface area contributed by atoms with Crippen molar-refractivity contribution in [2.24, 2.45) is 0 Å². The lowest BCUT2D eigenvalue weighted by Crippen LogP contribution is -2.41. The van der Waals surface area contributed by atoms with E-state index in [0.29, 0.717) is 10.7 Å². The first-order valence-corrected chi connectivity index (χ1v) is 9.33. The molecule has 0 aliphatic carbocycles. The number of methoxy groups -OCH3 is 1. The molecule has 2 N–H and O–H groups in total. The van der Waals surface area contributed by atoms with Gasteiger partial charge in [0.15, 0.2) is 0 Å². The molecule has 0 heterocycles. The molecule has 2 aromatic rings. The van der Waals surface area contributed by atoms with Crippen LogP contribution in [0.3, 0.4) is 0 Å². The van der Waals surface area contributed by atoms with Gasteiger partial charge in [0.1, 0.15) is 10.6 Å². The molecule has 8 heteroatoms. The smallest absolute Gasteiger partial charge is 0.244 e. The van der Waals surface area contributed by atoms with E-state index in [2.05, 4.69) is 10.0 Å². The topological polar surface area (TPSA) is 84.5 Å². The summed E-state index contributed by atoms with van der Waals surface area (Å²) in [5, 5.41) is 2.96. The summed E-state index contributed by atoms with van der Waals surface area (Å²) in [5.41, 5.74) is 1.17. The van der Waals surface area contributed by atoms with Crippen molar-refractivity contribution in [3.63, 3.8) is 0 Å². The van der Waals surface area contributed by atoms with Gasteiger partial charge in [-0.1, -0.05) is 29.8 Å². The number of hydrogen-bond donors (Lipinski definition) is 2. The van der Waals surface area contributed by atoms with Crippen LogP contribution in [0, 0.1) is 6.92 Å². The van der Waals surface area contributed by atoms with E-state index in [1.807, 2.05) is 0 Å². The van der Waals surface area contributed by atoms with Crippen LogP contribution in [0.4, 0.5) is 5.69 Å². The maximum Gasteiger partial charge on any atom is 0.244 e. The highest BCUT2D eigenvalue weighted by Crippen LogP contribution is 2.25. The van der Waals surface area contributed by atoms with Gasteiger partial charge in [-0.25, -0.2) is 8.42 Å². The summed E-state index contributed by atoms with van der Waals surface area (Å²) < 4.78 is 32.7. The molecule has 0 spiro atoms. The van der Waals surface area contributed by atoms with E-state index in [4.69, 9.17) is 16.3 Å². The van der Waals surface area contributed by atoms with Gasteiger partial charge >= 0.3 is 0 Å². The van der Waals surface area contributed by atoms with Crippen molar-refractivity contribution in [2.45, 2.75) is 24.8 Å². The number of carbonyl (C=O) groups excluding carboxylic acids is 1. The summed E-state index contributed by atoms with van der Waals surface area (Å²) in [6.45, 7) is 3.22. The van der Waals surface area contributed by atoms with Crippen LogP contribution in [0.1, 0.15) is 12.5 Å². The number of para-hydroxylation sites is 1.